The van der Waals surface area contributed by atoms with Crippen molar-refractivity contribution in [2.45, 2.75) is 39.3 Å². The Labute approximate surface area is 178 Å². The summed E-state index contributed by atoms with van der Waals surface area (Å²) in [7, 11) is 1.68. The van der Waals surface area contributed by atoms with E-state index in [0.717, 1.165) is 54.6 Å². The van der Waals surface area contributed by atoms with Crippen LogP contribution in [-0.2, 0) is 13.1 Å². The third-order valence-corrected chi connectivity index (χ3v) is 5.67. The van der Waals surface area contributed by atoms with E-state index in [2.05, 4.69) is 39.8 Å². The second kappa shape index (κ2) is 9.81. The molecule has 0 aliphatic carbocycles. The molecule has 0 unspecified atom stereocenters. The monoisotopic (exact) mass is 405 g/mol. The first-order chi connectivity index (χ1) is 14.8. The summed E-state index contributed by atoms with van der Waals surface area (Å²) in [5, 5.41) is 0. The van der Waals surface area contributed by atoms with E-state index < -0.39 is 0 Å². The number of benzene rings is 2. The van der Waals surface area contributed by atoms with Gasteiger partial charge in [0.25, 0.3) is 0 Å². The predicted octanol–water partition coefficient (Wildman–Crippen LogP) is 5.14. The fraction of sp³-hybridized carbons (Fsp3) is 0.400. The Bertz CT molecular complexity index is 1000. The second-order valence-corrected chi connectivity index (χ2v) is 7.76. The lowest BCUT2D eigenvalue weighted by atomic mass is 10.1. The molecule has 5 heteroatoms. The van der Waals surface area contributed by atoms with Crippen molar-refractivity contribution in [2.75, 3.05) is 26.8 Å². The number of ether oxygens (including phenoxy) is 2. The van der Waals surface area contributed by atoms with Crippen LogP contribution in [0, 0.1) is 0 Å². The molecule has 158 valence electrons. The highest BCUT2D eigenvalue weighted by molar-refractivity contribution is 5.75. The maximum Gasteiger partial charge on any atom is 0.161 e. The average Bonchev–Trinajstić information content (AvgIpc) is 3.12. The predicted molar refractivity (Wildman–Crippen MR) is 122 cm³/mol. The summed E-state index contributed by atoms with van der Waals surface area (Å²) in [6, 6.07) is 14.4. The van der Waals surface area contributed by atoms with Crippen LogP contribution >= 0.6 is 0 Å². The van der Waals surface area contributed by atoms with Gasteiger partial charge in [0.15, 0.2) is 11.5 Å². The quantitative estimate of drug-likeness (QED) is 0.520. The number of methoxy groups -OCH3 is 1. The third kappa shape index (κ3) is 4.68. The Morgan fingerprint density at radius 1 is 1.03 bits per heavy atom. The summed E-state index contributed by atoms with van der Waals surface area (Å²) >= 11 is 0. The standard InChI is InChI=1S/C25H31N3O2/c1-3-9-20-12-13-23(24(18-20)29-2)30-17-16-28-22-11-6-5-10-21(22)26-25(28)19-27-14-7-4-8-15-27/h3,5-6,9-13,18H,4,7-8,14-17,19H2,1-2H3. The molecule has 0 bridgehead atoms. The van der Waals surface area contributed by atoms with Gasteiger partial charge in [-0.25, -0.2) is 4.98 Å². The van der Waals surface area contributed by atoms with Gasteiger partial charge in [0.2, 0.25) is 0 Å². The van der Waals surface area contributed by atoms with Crippen molar-refractivity contribution in [3.05, 3.63) is 59.9 Å². The van der Waals surface area contributed by atoms with Gasteiger partial charge >= 0.3 is 0 Å². The van der Waals surface area contributed by atoms with Crippen LogP contribution in [0.25, 0.3) is 17.1 Å². The van der Waals surface area contributed by atoms with E-state index in [9.17, 15) is 0 Å². The smallest absolute Gasteiger partial charge is 0.161 e. The summed E-state index contributed by atoms with van der Waals surface area (Å²) in [6.07, 6.45) is 7.98. The zero-order chi connectivity index (χ0) is 20.8. The van der Waals surface area contributed by atoms with Gasteiger partial charge in [-0.2, -0.15) is 0 Å². The minimum absolute atomic E-state index is 0.562. The molecule has 5 nitrogen and oxygen atoms in total. The molecule has 1 saturated heterocycles. The lowest BCUT2D eigenvalue weighted by molar-refractivity contribution is 0.211. The van der Waals surface area contributed by atoms with Crippen molar-refractivity contribution < 1.29 is 9.47 Å². The van der Waals surface area contributed by atoms with Crippen LogP contribution in [0.4, 0.5) is 0 Å². The molecule has 0 spiro atoms. The Hall–Kier alpha value is -2.79. The van der Waals surface area contributed by atoms with E-state index >= 15 is 0 Å². The first-order valence-corrected chi connectivity index (χ1v) is 10.9. The lowest BCUT2D eigenvalue weighted by Crippen LogP contribution is -2.30. The number of allylic oxidation sites excluding steroid dienone is 1. The molecule has 0 atom stereocenters. The SMILES string of the molecule is CC=Cc1ccc(OCCn2c(CN3CCCCC3)nc3ccccc32)c(OC)c1. The molecule has 0 radical (unpaired) electrons. The van der Waals surface area contributed by atoms with Gasteiger partial charge in [-0.3, -0.25) is 4.90 Å². The Morgan fingerprint density at radius 3 is 2.67 bits per heavy atom. The number of piperidine rings is 1. The van der Waals surface area contributed by atoms with E-state index in [1.165, 1.54) is 24.8 Å². The van der Waals surface area contributed by atoms with E-state index in [4.69, 9.17) is 14.5 Å². The largest absolute Gasteiger partial charge is 0.493 e. The van der Waals surface area contributed by atoms with E-state index in [1.54, 1.807) is 7.11 Å². The van der Waals surface area contributed by atoms with Crippen molar-refractivity contribution >= 4 is 17.1 Å². The van der Waals surface area contributed by atoms with Crippen molar-refractivity contribution in [1.82, 2.24) is 14.5 Å². The molecule has 2 aromatic carbocycles. The molecule has 0 N–H and O–H groups in total. The number of rotatable bonds is 8. The van der Waals surface area contributed by atoms with Crippen LogP contribution < -0.4 is 9.47 Å². The van der Waals surface area contributed by atoms with Crippen LogP contribution in [0.1, 0.15) is 37.6 Å². The lowest BCUT2D eigenvalue weighted by Gasteiger charge is -2.26. The highest BCUT2D eigenvalue weighted by Gasteiger charge is 2.16. The van der Waals surface area contributed by atoms with Crippen LogP contribution in [0.15, 0.2) is 48.5 Å². The van der Waals surface area contributed by atoms with Crippen LogP contribution in [0.5, 0.6) is 11.5 Å². The number of hydrogen-bond donors (Lipinski definition) is 0. The molecule has 1 aliphatic heterocycles. The van der Waals surface area contributed by atoms with Gasteiger partial charge in [0, 0.05) is 0 Å². The topological polar surface area (TPSA) is 39.5 Å². The summed E-state index contributed by atoms with van der Waals surface area (Å²) in [6.45, 7) is 6.55. The van der Waals surface area contributed by atoms with Crippen LogP contribution in [0.2, 0.25) is 0 Å². The number of imidazole rings is 1. The van der Waals surface area contributed by atoms with Gasteiger partial charge in [-0.05, 0) is 62.7 Å². The average molecular weight is 406 g/mol. The molecule has 1 fully saturated rings. The number of aromatic nitrogens is 2. The summed E-state index contributed by atoms with van der Waals surface area (Å²) in [5.41, 5.74) is 3.33. The molecule has 2 heterocycles. The van der Waals surface area contributed by atoms with Crippen molar-refractivity contribution in [3.63, 3.8) is 0 Å². The Morgan fingerprint density at radius 2 is 1.87 bits per heavy atom. The number of fused-ring (bicyclic) bond motifs is 1. The maximum absolute atomic E-state index is 6.12. The zero-order valence-electron chi connectivity index (χ0n) is 18.0. The van der Waals surface area contributed by atoms with Crippen LogP contribution in [0.3, 0.4) is 0 Å². The fourth-order valence-electron chi connectivity index (χ4n) is 4.16. The van der Waals surface area contributed by atoms with Crippen LogP contribution in [-0.4, -0.2) is 41.3 Å². The number of likely N-dealkylation sites (tertiary alicyclic amines) is 1. The van der Waals surface area contributed by atoms with E-state index in [-0.39, 0.29) is 0 Å². The highest BCUT2D eigenvalue weighted by atomic mass is 16.5. The number of nitrogens with zero attached hydrogens (tertiary/aromatic N) is 3. The molecule has 0 saturated carbocycles. The van der Waals surface area contributed by atoms with E-state index in [0.29, 0.717) is 6.61 Å². The summed E-state index contributed by atoms with van der Waals surface area (Å²) < 4.78 is 14.0. The Balaban J connectivity index is 1.50. The molecular weight excluding hydrogens is 374 g/mol. The van der Waals surface area contributed by atoms with Crippen molar-refractivity contribution in [1.29, 1.82) is 0 Å². The highest BCUT2D eigenvalue weighted by Crippen LogP contribution is 2.29. The molecule has 3 aromatic rings. The fourth-order valence-corrected chi connectivity index (χ4v) is 4.16. The molecule has 1 aromatic heterocycles. The normalized spacial score (nSPS) is 15.1. The molecule has 4 rings (SSSR count). The first-order valence-electron chi connectivity index (χ1n) is 10.9. The van der Waals surface area contributed by atoms with Gasteiger partial charge in [0.1, 0.15) is 12.4 Å². The first kappa shape index (κ1) is 20.5. The number of hydrogen-bond acceptors (Lipinski definition) is 4. The summed E-state index contributed by atoms with van der Waals surface area (Å²) in [5.74, 6) is 2.65. The van der Waals surface area contributed by atoms with Gasteiger partial charge in [-0.15, -0.1) is 0 Å². The van der Waals surface area contributed by atoms with Gasteiger partial charge in [0.05, 0.1) is 31.2 Å². The Kier molecular flexibility index (Phi) is 6.70. The second-order valence-electron chi connectivity index (χ2n) is 7.76. The molecule has 30 heavy (non-hydrogen) atoms. The molecule has 0 amide bonds. The van der Waals surface area contributed by atoms with Gasteiger partial charge < -0.3 is 14.0 Å². The minimum Gasteiger partial charge on any atom is -0.493 e. The maximum atomic E-state index is 6.12. The number of para-hydroxylation sites is 2. The molecular formula is C25H31N3O2. The third-order valence-electron chi connectivity index (χ3n) is 5.67. The van der Waals surface area contributed by atoms with Crippen molar-refractivity contribution in [2.24, 2.45) is 0 Å². The molecule has 1 aliphatic rings. The van der Waals surface area contributed by atoms with Crippen molar-refractivity contribution in [3.8, 4) is 11.5 Å². The minimum atomic E-state index is 0.562. The van der Waals surface area contributed by atoms with Gasteiger partial charge in [-0.1, -0.05) is 36.8 Å². The zero-order valence-corrected chi connectivity index (χ0v) is 18.0. The van der Waals surface area contributed by atoms with E-state index in [1.807, 2.05) is 31.2 Å². The summed E-state index contributed by atoms with van der Waals surface area (Å²) in [4.78, 5) is 7.45.